The highest BCUT2D eigenvalue weighted by Crippen LogP contribution is 2.26. The maximum Gasteiger partial charge on any atom is 0.0207 e. The van der Waals surface area contributed by atoms with Gasteiger partial charge in [-0.3, -0.25) is 0 Å². The van der Waals surface area contributed by atoms with Crippen LogP contribution in [0.2, 0.25) is 0 Å². The molecule has 1 aromatic carbocycles. The molecule has 0 heterocycles. The van der Waals surface area contributed by atoms with Crippen LogP contribution in [0.15, 0.2) is 24.3 Å². The molecule has 0 unspecified atom stereocenters. The van der Waals surface area contributed by atoms with Crippen LogP contribution in [-0.2, 0) is 12.0 Å². The van der Waals surface area contributed by atoms with Gasteiger partial charge < -0.3 is 5.32 Å². The molecule has 0 fully saturated rings. The van der Waals surface area contributed by atoms with Gasteiger partial charge in [0.05, 0.1) is 0 Å². The van der Waals surface area contributed by atoms with Gasteiger partial charge in [-0.15, -0.1) is 0 Å². The molecule has 0 aliphatic rings. The van der Waals surface area contributed by atoms with Crippen molar-refractivity contribution in [2.45, 2.75) is 59.0 Å². The summed E-state index contributed by atoms with van der Waals surface area (Å²) in [7, 11) is 0. The van der Waals surface area contributed by atoms with Gasteiger partial charge in [-0.05, 0) is 23.0 Å². The molecule has 90 valence electrons. The predicted octanol–water partition coefficient (Wildman–Crippen LogP) is 3.87. The fourth-order valence-electron chi connectivity index (χ4n) is 1.60. The van der Waals surface area contributed by atoms with Crippen molar-refractivity contribution < 1.29 is 0 Å². The average Bonchev–Trinajstić information content (AvgIpc) is 2.27. The first kappa shape index (κ1) is 13.2. The summed E-state index contributed by atoms with van der Waals surface area (Å²) in [6.45, 7) is 12.2. The van der Waals surface area contributed by atoms with E-state index in [9.17, 15) is 0 Å². The van der Waals surface area contributed by atoms with E-state index in [0.717, 1.165) is 6.54 Å². The molecule has 0 radical (unpaired) electrons. The van der Waals surface area contributed by atoms with E-state index in [1.807, 2.05) is 0 Å². The Kier molecular flexibility index (Phi) is 4.55. The van der Waals surface area contributed by atoms with Gasteiger partial charge in [0, 0.05) is 12.6 Å². The third kappa shape index (κ3) is 3.64. The minimum atomic E-state index is 0.296. The molecular weight excluding hydrogens is 194 g/mol. The molecule has 0 aliphatic carbocycles. The van der Waals surface area contributed by atoms with Crippen LogP contribution in [0.25, 0.3) is 0 Å². The van der Waals surface area contributed by atoms with Gasteiger partial charge in [-0.1, -0.05) is 58.9 Å². The Morgan fingerprint density at radius 1 is 1.12 bits per heavy atom. The van der Waals surface area contributed by atoms with E-state index >= 15 is 0 Å². The first-order chi connectivity index (χ1) is 7.45. The monoisotopic (exact) mass is 219 g/mol. The fraction of sp³-hybridized carbons (Fsp3) is 0.600. The second-order valence-electron chi connectivity index (χ2n) is 5.47. The fourth-order valence-corrected chi connectivity index (χ4v) is 1.60. The van der Waals surface area contributed by atoms with E-state index in [-0.39, 0.29) is 0 Å². The van der Waals surface area contributed by atoms with E-state index in [1.54, 1.807) is 0 Å². The van der Waals surface area contributed by atoms with Crippen LogP contribution < -0.4 is 5.32 Å². The highest BCUT2D eigenvalue weighted by Gasteiger charge is 2.17. The lowest BCUT2D eigenvalue weighted by molar-refractivity contribution is 0.506. The molecule has 0 atom stereocenters. The molecule has 1 rings (SSSR count). The van der Waals surface area contributed by atoms with E-state index in [0.29, 0.717) is 11.5 Å². The van der Waals surface area contributed by atoms with Crippen LogP contribution in [-0.4, -0.2) is 6.04 Å². The van der Waals surface area contributed by atoms with Crippen molar-refractivity contribution in [3.8, 4) is 0 Å². The maximum atomic E-state index is 3.43. The van der Waals surface area contributed by atoms with E-state index in [2.05, 4.69) is 64.2 Å². The van der Waals surface area contributed by atoms with Gasteiger partial charge in [-0.25, -0.2) is 0 Å². The van der Waals surface area contributed by atoms with Crippen LogP contribution in [0.4, 0.5) is 0 Å². The predicted molar refractivity (Wildman–Crippen MR) is 71.7 cm³/mol. The van der Waals surface area contributed by atoms with Crippen molar-refractivity contribution in [1.29, 1.82) is 0 Å². The third-order valence-corrected chi connectivity index (χ3v) is 3.33. The summed E-state index contributed by atoms with van der Waals surface area (Å²) in [6.07, 6.45) is 1.18. The molecule has 0 aromatic heterocycles. The Morgan fingerprint density at radius 3 is 2.12 bits per heavy atom. The molecule has 0 aliphatic heterocycles. The Bertz CT molecular complexity index is 309. The number of rotatable bonds is 5. The summed E-state index contributed by atoms with van der Waals surface area (Å²) in [5.74, 6) is 0. The maximum absolute atomic E-state index is 3.43. The molecule has 1 heteroatoms. The zero-order valence-corrected chi connectivity index (χ0v) is 11.3. The topological polar surface area (TPSA) is 12.0 Å². The highest BCUT2D eigenvalue weighted by atomic mass is 14.9. The largest absolute Gasteiger partial charge is 0.310 e. The van der Waals surface area contributed by atoms with Crippen LogP contribution >= 0.6 is 0 Å². The SMILES string of the molecule is CCC(C)(C)c1ccc(CNC(C)C)cc1. The van der Waals surface area contributed by atoms with Crippen LogP contribution in [0.5, 0.6) is 0 Å². The second-order valence-corrected chi connectivity index (χ2v) is 5.47. The zero-order chi connectivity index (χ0) is 12.2. The van der Waals surface area contributed by atoms with E-state index in [4.69, 9.17) is 0 Å². The summed E-state index contributed by atoms with van der Waals surface area (Å²) in [4.78, 5) is 0. The number of benzene rings is 1. The van der Waals surface area contributed by atoms with Crippen molar-refractivity contribution in [2.75, 3.05) is 0 Å². The van der Waals surface area contributed by atoms with Crippen LogP contribution in [0, 0.1) is 0 Å². The highest BCUT2D eigenvalue weighted by molar-refractivity contribution is 5.28. The molecule has 1 nitrogen and oxygen atoms in total. The second kappa shape index (κ2) is 5.49. The van der Waals surface area contributed by atoms with Gasteiger partial charge in [0.25, 0.3) is 0 Å². The Morgan fingerprint density at radius 2 is 1.69 bits per heavy atom. The molecule has 0 amide bonds. The summed E-state index contributed by atoms with van der Waals surface area (Å²) in [6, 6.07) is 9.55. The molecule has 0 spiro atoms. The molecule has 0 saturated carbocycles. The Labute approximate surface area is 100 Å². The van der Waals surface area contributed by atoms with Crippen molar-refractivity contribution in [1.82, 2.24) is 5.32 Å². The molecule has 0 saturated heterocycles. The van der Waals surface area contributed by atoms with Crippen molar-refractivity contribution >= 4 is 0 Å². The summed E-state index contributed by atoms with van der Waals surface area (Å²) in [5, 5.41) is 3.43. The molecular formula is C15H25N. The Hall–Kier alpha value is -0.820. The normalized spacial score (nSPS) is 12.1. The standard InChI is InChI=1S/C15H25N/c1-6-15(4,5)14-9-7-13(8-10-14)11-16-12(2)3/h7-10,12,16H,6,11H2,1-5H3. The van der Waals surface area contributed by atoms with Crippen molar-refractivity contribution in [3.63, 3.8) is 0 Å². The minimum absolute atomic E-state index is 0.296. The first-order valence-electron chi connectivity index (χ1n) is 6.28. The quantitative estimate of drug-likeness (QED) is 0.792. The van der Waals surface area contributed by atoms with E-state index < -0.39 is 0 Å². The molecule has 16 heavy (non-hydrogen) atoms. The third-order valence-electron chi connectivity index (χ3n) is 3.33. The van der Waals surface area contributed by atoms with Crippen LogP contribution in [0.1, 0.15) is 52.2 Å². The molecule has 1 N–H and O–H groups in total. The lowest BCUT2D eigenvalue weighted by atomic mass is 9.82. The summed E-state index contributed by atoms with van der Waals surface area (Å²) >= 11 is 0. The van der Waals surface area contributed by atoms with Gasteiger partial charge in [-0.2, -0.15) is 0 Å². The molecule has 1 aromatic rings. The minimum Gasteiger partial charge on any atom is -0.310 e. The smallest absolute Gasteiger partial charge is 0.0207 e. The number of hydrogen-bond acceptors (Lipinski definition) is 1. The van der Waals surface area contributed by atoms with Gasteiger partial charge >= 0.3 is 0 Å². The van der Waals surface area contributed by atoms with Gasteiger partial charge in [0.1, 0.15) is 0 Å². The molecule has 0 bridgehead atoms. The van der Waals surface area contributed by atoms with Crippen molar-refractivity contribution in [2.24, 2.45) is 0 Å². The first-order valence-corrected chi connectivity index (χ1v) is 6.28. The van der Waals surface area contributed by atoms with Gasteiger partial charge in [0.2, 0.25) is 0 Å². The van der Waals surface area contributed by atoms with Crippen LogP contribution in [0.3, 0.4) is 0 Å². The van der Waals surface area contributed by atoms with Gasteiger partial charge in [0.15, 0.2) is 0 Å². The zero-order valence-electron chi connectivity index (χ0n) is 11.3. The number of nitrogens with one attached hydrogen (secondary N) is 1. The number of hydrogen-bond donors (Lipinski definition) is 1. The summed E-state index contributed by atoms with van der Waals surface area (Å²) in [5.41, 5.74) is 3.09. The lowest BCUT2D eigenvalue weighted by Gasteiger charge is -2.23. The summed E-state index contributed by atoms with van der Waals surface area (Å²) < 4.78 is 0. The lowest BCUT2D eigenvalue weighted by Crippen LogP contribution is -2.22. The Balaban J connectivity index is 2.68. The van der Waals surface area contributed by atoms with E-state index in [1.165, 1.54) is 17.5 Å². The van der Waals surface area contributed by atoms with Crippen molar-refractivity contribution in [3.05, 3.63) is 35.4 Å². The average molecular weight is 219 g/mol.